The lowest BCUT2D eigenvalue weighted by Gasteiger charge is -1.99. The van der Waals surface area contributed by atoms with Gasteiger partial charge in [0.1, 0.15) is 0 Å². The highest BCUT2D eigenvalue weighted by Crippen LogP contribution is 2.24. The zero-order valence-electron chi connectivity index (χ0n) is 8.58. The van der Waals surface area contributed by atoms with Crippen LogP contribution in [-0.4, -0.2) is 25.9 Å². The average Bonchev–Trinajstić information content (AvgIpc) is 2.71. The van der Waals surface area contributed by atoms with Crippen molar-refractivity contribution in [3.63, 3.8) is 0 Å². The molecule has 0 aliphatic heterocycles. The molecule has 90 valence electrons. The van der Waals surface area contributed by atoms with Crippen molar-refractivity contribution in [2.75, 3.05) is 6.54 Å². The lowest BCUT2D eigenvalue weighted by Crippen LogP contribution is -2.33. The highest BCUT2D eigenvalue weighted by molar-refractivity contribution is 7.91. The van der Waals surface area contributed by atoms with E-state index in [4.69, 9.17) is 5.73 Å². The molecule has 0 bridgehead atoms. The van der Waals surface area contributed by atoms with Crippen LogP contribution in [0.4, 0.5) is 0 Å². The van der Waals surface area contributed by atoms with Gasteiger partial charge in [0.25, 0.3) is 10.0 Å². The van der Waals surface area contributed by atoms with Crippen molar-refractivity contribution in [1.82, 2.24) is 9.71 Å². The number of para-hydroxylation sites is 1. The zero-order valence-corrected chi connectivity index (χ0v) is 10.2. The van der Waals surface area contributed by atoms with Gasteiger partial charge in [-0.05, 0) is 12.1 Å². The fraction of sp³-hybridized carbons (Fsp3) is 0.111. The number of nitrogens with zero attached hydrogens (tertiary/aromatic N) is 1. The quantitative estimate of drug-likeness (QED) is 0.820. The van der Waals surface area contributed by atoms with Gasteiger partial charge in [0.05, 0.1) is 16.8 Å². The van der Waals surface area contributed by atoms with Gasteiger partial charge in [-0.3, -0.25) is 4.79 Å². The molecule has 8 heteroatoms. The summed E-state index contributed by atoms with van der Waals surface area (Å²) in [6.07, 6.45) is 0. The number of rotatable bonds is 4. The Labute approximate surface area is 102 Å². The predicted molar refractivity (Wildman–Crippen MR) is 64.0 cm³/mol. The van der Waals surface area contributed by atoms with Crippen molar-refractivity contribution in [2.45, 2.75) is 4.34 Å². The summed E-state index contributed by atoms with van der Waals surface area (Å²) in [7, 11) is -3.76. The maximum absolute atomic E-state index is 11.7. The molecule has 0 atom stereocenters. The summed E-state index contributed by atoms with van der Waals surface area (Å²) in [5.74, 6) is -0.741. The van der Waals surface area contributed by atoms with Crippen molar-refractivity contribution in [3.05, 3.63) is 24.3 Å². The summed E-state index contributed by atoms with van der Waals surface area (Å²) >= 11 is 1.04. The van der Waals surface area contributed by atoms with E-state index in [0.717, 1.165) is 16.0 Å². The number of primary amides is 1. The lowest BCUT2D eigenvalue weighted by atomic mass is 10.3. The molecular weight excluding hydrogens is 262 g/mol. The topological polar surface area (TPSA) is 102 Å². The van der Waals surface area contributed by atoms with E-state index >= 15 is 0 Å². The number of hydrogen-bond donors (Lipinski definition) is 2. The summed E-state index contributed by atoms with van der Waals surface area (Å²) in [6.45, 7) is -0.432. The number of carbonyl (C=O) groups excluding carboxylic acids is 1. The third kappa shape index (κ3) is 2.60. The van der Waals surface area contributed by atoms with E-state index in [9.17, 15) is 13.2 Å². The Kier molecular flexibility index (Phi) is 3.09. The molecule has 0 saturated carbocycles. The predicted octanol–water partition coefficient (Wildman–Crippen LogP) is 0.0599. The second-order valence-electron chi connectivity index (χ2n) is 3.24. The number of sulfonamides is 1. The molecule has 1 amide bonds. The largest absolute Gasteiger partial charge is 0.369 e. The van der Waals surface area contributed by atoms with Crippen LogP contribution in [0, 0.1) is 0 Å². The van der Waals surface area contributed by atoms with Crippen LogP contribution in [0.1, 0.15) is 0 Å². The van der Waals surface area contributed by atoms with E-state index in [1.807, 2.05) is 0 Å². The van der Waals surface area contributed by atoms with Crippen molar-refractivity contribution in [2.24, 2.45) is 5.73 Å². The number of thiazole rings is 1. The average molecular weight is 271 g/mol. The van der Waals surface area contributed by atoms with Crippen LogP contribution in [0.25, 0.3) is 10.2 Å². The van der Waals surface area contributed by atoms with Crippen molar-refractivity contribution >= 4 is 37.5 Å². The van der Waals surface area contributed by atoms with Crippen LogP contribution in [0.5, 0.6) is 0 Å². The van der Waals surface area contributed by atoms with Crippen LogP contribution in [0.3, 0.4) is 0 Å². The van der Waals surface area contributed by atoms with E-state index in [2.05, 4.69) is 9.71 Å². The van der Waals surface area contributed by atoms with E-state index < -0.39 is 22.5 Å². The highest BCUT2D eigenvalue weighted by Gasteiger charge is 2.19. The van der Waals surface area contributed by atoms with Gasteiger partial charge in [-0.25, -0.2) is 13.4 Å². The number of nitrogens with two attached hydrogens (primary N) is 1. The van der Waals surface area contributed by atoms with Gasteiger partial charge in [-0.1, -0.05) is 12.1 Å². The molecule has 2 aromatic rings. The second kappa shape index (κ2) is 4.40. The van der Waals surface area contributed by atoms with Gasteiger partial charge >= 0.3 is 0 Å². The fourth-order valence-electron chi connectivity index (χ4n) is 1.19. The minimum Gasteiger partial charge on any atom is -0.369 e. The first-order valence-electron chi connectivity index (χ1n) is 4.62. The number of amides is 1. The zero-order chi connectivity index (χ0) is 12.5. The molecule has 1 aromatic carbocycles. The summed E-state index contributed by atoms with van der Waals surface area (Å²) in [5, 5.41) is 0. The van der Waals surface area contributed by atoms with Crippen molar-refractivity contribution < 1.29 is 13.2 Å². The Morgan fingerprint density at radius 2 is 2.12 bits per heavy atom. The fourth-order valence-corrected chi connectivity index (χ4v) is 3.45. The molecule has 6 nitrogen and oxygen atoms in total. The van der Waals surface area contributed by atoms with Gasteiger partial charge in [0.15, 0.2) is 0 Å². The smallest absolute Gasteiger partial charge is 0.268 e. The van der Waals surface area contributed by atoms with Crippen molar-refractivity contribution in [3.8, 4) is 0 Å². The second-order valence-corrected chi connectivity index (χ2v) is 6.21. The normalized spacial score (nSPS) is 11.8. The van der Waals surface area contributed by atoms with Gasteiger partial charge < -0.3 is 5.73 Å². The molecule has 0 radical (unpaired) electrons. The monoisotopic (exact) mass is 271 g/mol. The standard InChI is InChI=1S/C9H9N3O3S2/c10-8(13)5-11-17(14,15)9-12-6-3-1-2-4-7(6)16-9/h1-4,11H,5H2,(H2,10,13). The van der Waals surface area contributed by atoms with Crippen LogP contribution in [0.2, 0.25) is 0 Å². The van der Waals surface area contributed by atoms with Gasteiger partial charge in [0, 0.05) is 0 Å². The van der Waals surface area contributed by atoms with Gasteiger partial charge in [0.2, 0.25) is 10.2 Å². The molecule has 0 fully saturated rings. The van der Waals surface area contributed by atoms with E-state index in [0.29, 0.717) is 5.52 Å². The summed E-state index contributed by atoms with van der Waals surface area (Å²) in [6, 6.07) is 7.07. The molecule has 1 heterocycles. The minimum absolute atomic E-state index is 0.0695. The van der Waals surface area contributed by atoms with Crippen LogP contribution < -0.4 is 10.5 Å². The molecule has 3 N–H and O–H groups in total. The van der Waals surface area contributed by atoms with E-state index in [1.54, 1.807) is 24.3 Å². The Bertz CT molecular complexity index is 630. The number of nitrogens with one attached hydrogen (secondary N) is 1. The number of carbonyl (C=O) groups is 1. The number of aromatic nitrogens is 1. The Balaban J connectivity index is 2.35. The molecule has 0 saturated heterocycles. The molecule has 17 heavy (non-hydrogen) atoms. The first-order chi connectivity index (χ1) is 7.99. The minimum atomic E-state index is -3.76. The first kappa shape index (κ1) is 12.0. The summed E-state index contributed by atoms with van der Waals surface area (Å²) in [4.78, 5) is 14.5. The Hall–Kier alpha value is -1.51. The molecule has 0 aliphatic carbocycles. The molecule has 2 rings (SSSR count). The molecule has 0 aliphatic rings. The van der Waals surface area contributed by atoms with Gasteiger partial charge in [-0.15, -0.1) is 11.3 Å². The lowest BCUT2D eigenvalue weighted by molar-refractivity contribution is -0.116. The van der Waals surface area contributed by atoms with Crippen LogP contribution in [-0.2, 0) is 14.8 Å². The Morgan fingerprint density at radius 1 is 1.41 bits per heavy atom. The maximum Gasteiger partial charge on any atom is 0.268 e. The van der Waals surface area contributed by atoms with E-state index in [1.165, 1.54) is 0 Å². The third-order valence-electron chi connectivity index (χ3n) is 1.94. The summed E-state index contributed by atoms with van der Waals surface area (Å²) in [5.41, 5.74) is 5.48. The molecule has 0 unspecified atom stereocenters. The number of fused-ring (bicyclic) bond motifs is 1. The Morgan fingerprint density at radius 3 is 2.76 bits per heavy atom. The highest BCUT2D eigenvalue weighted by atomic mass is 32.2. The molecule has 1 aromatic heterocycles. The van der Waals surface area contributed by atoms with E-state index in [-0.39, 0.29) is 4.34 Å². The van der Waals surface area contributed by atoms with Crippen molar-refractivity contribution in [1.29, 1.82) is 0 Å². The number of hydrogen-bond acceptors (Lipinski definition) is 5. The number of benzene rings is 1. The third-order valence-corrected chi connectivity index (χ3v) is 4.76. The first-order valence-corrected chi connectivity index (χ1v) is 6.92. The summed E-state index contributed by atoms with van der Waals surface area (Å²) < 4.78 is 26.3. The SMILES string of the molecule is NC(=O)CNS(=O)(=O)c1nc2ccccc2s1. The van der Waals surface area contributed by atoms with Crippen LogP contribution >= 0.6 is 11.3 Å². The molecular formula is C9H9N3O3S2. The van der Waals surface area contributed by atoms with Gasteiger partial charge in [-0.2, -0.15) is 4.72 Å². The maximum atomic E-state index is 11.7. The molecule has 0 spiro atoms. The van der Waals surface area contributed by atoms with Crippen LogP contribution in [0.15, 0.2) is 28.6 Å².